The molecule has 6 nitrogen and oxygen atoms in total. The highest BCUT2D eigenvalue weighted by Gasteiger charge is 2.28. The van der Waals surface area contributed by atoms with E-state index in [2.05, 4.69) is 63.9 Å². The van der Waals surface area contributed by atoms with E-state index in [1.165, 1.54) is 17.0 Å². The number of carbonyl (C=O) groups is 1. The Kier molecular flexibility index (Phi) is 5.78. The summed E-state index contributed by atoms with van der Waals surface area (Å²) in [5, 5.41) is 0. The number of imidazole rings is 1. The quantitative estimate of drug-likeness (QED) is 0.769. The number of likely N-dealkylation sites (N-methyl/N-ethyl adjacent to an activating group) is 1. The van der Waals surface area contributed by atoms with Gasteiger partial charge in [-0.25, -0.2) is 4.98 Å². The molecule has 1 saturated heterocycles. The normalized spacial score (nSPS) is 18.0. The number of carbonyl (C=O) groups excluding carboxylic acids is 1. The van der Waals surface area contributed by atoms with Crippen LogP contribution in [0.3, 0.4) is 0 Å². The van der Waals surface area contributed by atoms with E-state index in [4.69, 9.17) is 0 Å². The number of fused-ring (bicyclic) bond motifs is 1. The first-order valence-corrected chi connectivity index (χ1v) is 10.3. The molecular formula is C22H31N5O. The average Bonchev–Trinajstić information content (AvgIpc) is 3.32. The lowest BCUT2D eigenvalue weighted by Gasteiger charge is -2.33. The van der Waals surface area contributed by atoms with Gasteiger partial charge in [0.1, 0.15) is 5.82 Å². The van der Waals surface area contributed by atoms with Crippen molar-refractivity contribution in [1.29, 1.82) is 0 Å². The molecule has 1 amide bonds. The molecule has 0 spiro atoms. The van der Waals surface area contributed by atoms with E-state index in [9.17, 15) is 4.79 Å². The largest absolute Gasteiger partial charge is 0.342 e. The van der Waals surface area contributed by atoms with Gasteiger partial charge in [0.25, 0.3) is 0 Å². The Bertz CT molecular complexity index is 782. The van der Waals surface area contributed by atoms with E-state index >= 15 is 0 Å². The van der Waals surface area contributed by atoms with Crippen molar-refractivity contribution in [2.75, 3.05) is 40.3 Å². The summed E-state index contributed by atoms with van der Waals surface area (Å²) in [6.07, 6.45) is 6.00. The summed E-state index contributed by atoms with van der Waals surface area (Å²) < 4.78 is 2.28. The van der Waals surface area contributed by atoms with Crippen molar-refractivity contribution in [3.05, 3.63) is 53.6 Å². The molecule has 2 aliphatic rings. The molecule has 0 radical (unpaired) electrons. The van der Waals surface area contributed by atoms with Gasteiger partial charge in [0.2, 0.25) is 5.91 Å². The minimum absolute atomic E-state index is 0.266. The number of likely N-dealkylation sites (tertiary alicyclic amines) is 1. The molecule has 150 valence electrons. The summed E-state index contributed by atoms with van der Waals surface area (Å²) >= 11 is 0. The number of hydrogen-bond donors (Lipinski definition) is 0. The second-order valence-electron chi connectivity index (χ2n) is 8.35. The van der Waals surface area contributed by atoms with E-state index in [-0.39, 0.29) is 5.91 Å². The molecule has 28 heavy (non-hydrogen) atoms. The van der Waals surface area contributed by atoms with Gasteiger partial charge in [-0.05, 0) is 38.1 Å². The Morgan fingerprint density at radius 2 is 1.82 bits per heavy atom. The van der Waals surface area contributed by atoms with Crippen LogP contribution in [0.2, 0.25) is 0 Å². The van der Waals surface area contributed by atoms with Crippen molar-refractivity contribution in [2.24, 2.45) is 0 Å². The lowest BCUT2D eigenvalue weighted by atomic mass is 9.95. The fourth-order valence-corrected chi connectivity index (χ4v) is 4.37. The van der Waals surface area contributed by atoms with Crippen LogP contribution in [0.4, 0.5) is 0 Å². The maximum atomic E-state index is 12.8. The highest BCUT2D eigenvalue weighted by atomic mass is 16.2. The van der Waals surface area contributed by atoms with Crippen molar-refractivity contribution < 1.29 is 4.79 Å². The van der Waals surface area contributed by atoms with Crippen molar-refractivity contribution in [2.45, 2.75) is 38.4 Å². The SMILES string of the molecule is CN(C)CCn1ccnc1C1CCN(C(=O)CN2Cc3ccccc3C2)CC1. The Hall–Kier alpha value is -2.18. The third-order valence-corrected chi connectivity index (χ3v) is 6.01. The van der Waals surface area contributed by atoms with Crippen LogP contribution >= 0.6 is 0 Å². The molecule has 1 fully saturated rings. The fourth-order valence-electron chi connectivity index (χ4n) is 4.37. The minimum Gasteiger partial charge on any atom is -0.342 e. The Morgan fingerprint density at radius 1 is 1.14 bits per heavy atom. The second-order valence-corrected chi connectivity index (χ2v) is 8.35. The summed E-state index contributed by atoms with van der Waals surface area (Å²) in [5.41, 5.74) is 2.72. The first-order valence-electron chi connectivity index (χ1n) is 10.3. The van der Waals surface area contributed by atoms with Gasteiger partial charge in [0.15, 0.2) is 0 Å². The number of benzene rings is 1. The molecule has 1 aromatic carbocycles. The van der Waals surface area contributed by atoms with E-state index in [1.54, 1.807) is 0 Å². The minimum atomic E-state index is 0.266. The van der Waals surface area contributed by atoms with Crippen LogP contribution in [0.25, 0.3) is 0 Å². The predicted octanol–water partition coefficient (Wildman–Crippen LogP) is 2.17. The zero-order valence-corrected chi connectivity index (χ0v) is 17.0. The molecule has 0 saturated carbocycles. The van der Waals surface area contributed by atoms with E-state index < -0.39 is 0 Å². The monoisotopic (exact) mass is 381 g/mol. The summed E-state index contributed by atoms with van der Waals surface area (Å²) in [5.74, 6) is 1.91. The number of piperidine rings is 1. The third kappa shape index (κ3) is 4.28. The van der Waals surface area contributed by atoms with Crippen molar-refractivity contribution in [3.63, 3.8) is 0 Å². The van der Waals surface area contributed by atoms with Crippen LogP contribution in [0.15, 0.2) is 36.7 Å². The van der Waals surface area contributed by atoms with Crippen molar-refractivity contribution >= 4 is 5.91 Å². The zero-order chi connectivity index (χ0) is 19.5. The van der Waals surface area contributed by atoms with Crippen LogP contribution < -0.4 is 0 Å². The number of rotatable bonds is 6. The van der Waals surface area contributed by atoms with Crippen LogP contribution in [0.1, 0.15) is 35.7 Å². The van der Waals surface area contributed by atoms with Gasteiger partial charge in [-0.15, -0.1) is 0 Å². The molecule has 3 heterocycles. The van der Waals surface area contributed by atoms with Gasteiger partial charge in [0, 0.05) is 57.6 Å². The lowest BCUT2D eigenvalue weighted by molar-refractivity contribution is -0.133. The summed E-state index contributed by atoms with van der Waals surface area (Å²) in [6, 6.07) is 8.50. The van der Waals surface area contributed by atoms with Gasteiger partial charge in [-0.3, -0.25) is 9.69 Å². The molecule has 2 aromatic rings. The Morgan fingerprint density at radius 3 is 2.46 bits per heavy atom. The van der Waals surface area contributed by atoms with Crippen molar-refractivity contribution in [3.8, 4) is 0 Å². The van der Waals surface area contributed by atoms with Gasteiger partial charge >= 0.3 is 0 Å². The Labute approximate surface area is 167 Å². The molecule has 0 N–H and O–H groups in total. The molecule has 1 aromatic heterocycles. The van der Waals surface area contributed by atoms with Gasteiger partial charge in [-0.1, -0.05) is 24.3 Å². The third-order valence-electron chi connectivity index (χ3n) is 6.01. The van der Waals surface area contributed by atoms with Crippen LogP contribution in [-0.2, 0) is 24.4 Å². The molecule has 6 heteroatoms. The van der Waals surface area contributed by atoms with E-state index in [1.807, 2.05) is 11.1 Å². The summed E-state index contributed by atoms with van der Waals surface area (Å²) in [6.45, 7) is 5.96. The van der Waals surface area contributed by atoms with Gasteiger partial charge in [-0.2, -0.15) is 0 Å². The first-order chi connectivity index (χ1) is 13.6. The molecular weight excluding hydrogens is 350 g/mol. The number of amides is 1. The standard InChI is InChI=1S/C22H31N5O/c1-24(2)13-14-27-12-9-23-22(27)18-7-10-26(11-8-18)21(28)17-25-15-19-5-3-4-6-20(19)16-25/h3-6,9,12,18H,7-8,10-11,13-17H2,1-2H3. The van der Waals surface area contributed by atoms with E-state index in [0.717, 1.165) is 52.1 Å². The molecule has 2 aliphatic heterocycles. The van der Waals surface area contributed by atoms with E-state index in [0.29, 0.717) is 12.5 Å². The lowest BCUT2D eigenvalue weighted by Crippen LogP contribution is -2.43. The number of nitrogens with zero attached hydrogens (tertiary/aromatic N) is 5. The smallest absolute Gasteiger partial charge is 0.236 e. The summed E-state index contributed by atoms with van der Waals surface area (Å²) in [7, 11) is 4.19. The topological polar surface area (TPSA) is 44.6 Å². The molecule has 0 bridgehead atoms. The molecule has 0 aliphatic carbocycles. The average molecular weight is 382 g/mol. The van der Waals surface area contributed by atoms with Gasteiger partial charge < -0.3 is 14.4 Å². The Balaban J connectivity index is 1.28. The summed E-state index contributed by atoms with van der Waals surface area (Å²) in [4.78, 5) is 23.9. The van der Waals surface area contributed by atoms with Crippen LogP contribution in [0, 0.1) is 0 Å². The molecule has 0 unspecified atom stereocenters. The highest BCUT2D eigenvalue weighted by Crippen LogP contribution is 2.28. The fraction of sp³-hybridized carbons (Fsp3) is 0.545. The zero-order valence-electron chi connectivity index (χ0n) is 17.0. The second kappa shape index (κ2) is 8.45. The highest BCUT2D eigenvalue weighted by molar-refractivity contribution is 5.78. The van der Waals surface area contributed by atoms with Crippen molar-refractivity contribution in [1.82, 2.24) is 24.3 Å². The maximum absolute atomic E-state index is 12.8. The number of hydrogen-bond acceptors (Lipinski definition) is 4. The van der Waals surface area contributed by atoms with Crippen LogP contribution in [-0.4, -0.2) is 70.4 Å². The van der Waals surface area contributed by atoms with Crippen LogP contribution in [0.5, 0.6) is 0 Å². The molecule has 4 rings (SSSR count). The predicted molar refractivity (Wildman–Crippen MR) is 110 cm³/mol. The maximum Gasteiger partial charge on any atom is 0.236 e. The van der Waals surface area contributed by atoms with Gasteiger partial charge in [0.05, 0.1) is 6.54 Å². The number of aromatic nitrogens is 2. The molecule has 0 atom stereocenters. The first kappa shape index (κ1) is 19.2.